The maximum Gasteiger partial charge on any atom is 0.254 e. The standard InChI is InChI=1S/C18H20N6O/c1-22-11-9-20-17(22)16-13-19-8-12-23(16)18(25)14-3-5-15(6-4-14)24-10-2-7-21-24/h2-7,9-11,16,19H,8,12-13H2,1H3. The van der Waals surface area contributed by atoms with Crippen LogP contribution in [0.4, 0.5) is 0 Å². The van der Waals surface area contributed by atoms with E-state index in [0.29, 0.717) is 18.7 Å². The van der Waals surface area contributed by atoms with Crippen LogP contribution in [0.15, 0.2) is 55.1 Å². The third-order valence-electron chi connectivity index (χ3n) is 4.54. The molecule has 1 N–H and O–H groups in total. The predicted octanol–water partition coefficient (Wildman–Crippen LogP) is 1.39. The number of amides is 1. The highest BCUT2D eigenvalue weighted by Gasteiger charge is 2.30. The van der Waals surface area contributed by atoms with Gasteiger partial charge in [-0.15, -0.1) is 0 Å². The van der Waals surface area contributed by atoms with Crippen molar-refractivity contribution in [2.45, 2.75) is 6.04 Å². The molecule has 0 spiro atoms. The number of rotatable bonds is 3. The average Bonchev–Trinajstić information content (AvgIpc) is 3.33. The van der Waals surface area contributed by atoms with Gasteiger partial charge in [0.15, 0.2) is 0 Å². The quantitative estimate of drug-likeness (QED) is 0.785. The van der Waals surface area contributed by atoms with Crippen molar-refractivity contribution in [1.29, 1.82) is 0 Å². The molecule has 128 valence electrons. The van der Waals surface area contributed by atoms with Crippen LogP contribution in [-0.4, -0.2) is 49.8 Å². The Morgan fingerprint density at radius 3 is 2.72 bits per heavy atom. The first-order chi connectivity index (χ1) is 12.2. The first-order valence-corrected chi connectivity index (χ1v) is 8.33. The monoisotopic (exact) mass is 336 g/mol. The van der Waals surface area contributed by atoms with Gasteiger partial charge in [-0.25, -0.2) is 9.67 Å². The van der Waals surface area contributed by atoms with Gasteiger partial charge < -0.3 is 14.8 Å². The average molecular weight is 336 g/mol. The van der Waals surface area contributed by atoms with Crippen LogP contribution in [0, 0.1) is 0 Å². The maximum absolute atomic E-state index is 13.1. The van der Waals surface area contributed by atoms with E-state index in [1.54, 1.807) is 17.1 Å². The van der Waals surface area contributed by atoms with Gasteiger partial charge in [-0.3, -0.25) is 4.79 Å². The lowest BCUT2D eigenvalue weighted by atomic mass is 10.1. The van der Waals surface area contributed by atoms with Gasteiger partial charge in [-0.2, -0.15) is 5.10 Å². The lowest BCUT2D eigenvalue weighted by Crippen LogP contribution is -2.49. The summed E-state index contributed by atoms with van der Waals surface area (Å²) < 4.78 is 3.74. The molecule has 1 atom stereocenters. The molecule has 1 aliphatic heterocycles. The molecule has 1 aliphatic rings. The fourth-order valence-electron chi connectivity index (χ4n) is 3.22. The molecule has 3 heterocycles. The third kappa shape index (κ3) is 2.94. The zero-order valence-electron chi connectivity index (χ0n) is 14.0. The van der Waals surface area contributed by atoms with Crippen molar-refractivity contribution in [1.82, 2.24) is 29.5 Å². The Labute approximate surface area is 145 Å². The van der Waals surface area contributed by atoms with E-state index in [1.165, 1.54) is 0 Å². The van der Waals surface area contributed by atoms with E-state index < -0.39 is 0 Å². The fourth-order valence-corrected chi connectivity index (χ4v) is 3.22. The summed E-state index contributed by atoms with van der Waals surface area (Å²) in [5.74, 6) is 0.926. The summed E-state index contributed by atoms with van der Waals surface area (Å²) in [7, 11) is 1.96. The molecule has 7 heteroatoms. The van der Waals surface area contributed by atoms with E-state index in [4.69, 9.17) is 0 Å². The highest BCUT2D eigenvalue weighted by atomic mass is 16.2. The number of imidazole rings is 1. The molecule has 0 bridgehead atoms. The first kappa shape index (κ1) is 15.6. The van der Waals surface area contributed by atoms with Crippen molar-refractivity contribution in [2.75, 3.05) is 19.6 Å². The molecule has 1 amide bonds. The summed E-state index contributed by atoms with van der Waals surface area (Å²) in [6, 6.07) is 9.36. The van der Waals surface area contributed by atoms with Crippen LogP contribution in [0.2, 0.25) is 0 Å². The van der Waals surface area contributed by atoms with Crippen molar-refractivity contribution < 1.29 is 4.79 Å². The molecular formula is C18H20N6O. The topological polar surface area (TPSA) is 68.0 Å². The molecule has 3 aromatic rings. The van der Waals surface area contributed by atoms with E-state index >= 15 is 0 Å². The lowest BCUT2D eigenvalue weighted by molar-refractivity contribution is 0.0621. The van der Waals surface area contributed by atoms with Gasteiger partial charge >= 0.3 is 0 Å². The minimum atomic E-state index is -0.0629. The van der Waals surface area contributed by atoms with Crippen LogP contribution in [0.25, 0.3) is 5.69 Å². The molecule has 1 unspecified atom stereocenters. The van der Waals surface area contributed by atoms with Crippen LogP contribution in [0.1, 0.15) is 22.2 Å². The summed E-state index contributed by atoms with van der Waals surface area (Å²) in [6.07, 6.45) is 7.29. The number of hydrogen-bond acceptors (Lipinski definition) is 4. The minimum Gasteiger partial charge on any atom is -0.336 e. The maximum atomic E-state index is 13.1. The van der Waals surface area contributed by atoms with Crippen molar-refractivity contribution in [3.8, 4) is 5.69 Å². The second-order valence-corrected chi connectivity index (χ2v) is 6.11. The van der Waals surface area contributed by atoms with E-state index in [0.717, 1.165) is 18.1 Å². The van der Waals surface area contributed by atoms with E-state index in [2.05, 4.69) is 15.4 Å². The smallest absolute Gasteiger partial charge is 0.254 e. The zero-order chi connectivity index (χ0) is 17.2. The second kappa shape index (κ2) is 6.52. The van der Waals surface area contributed by atoms with Crippen molar-refractivity contribution >= 4 is 5.91 Å². The van der Waals surface area contributed by atoms with Crippen molar-refractivity contribution in [2.24, 2.45) is 7.05 Å². The van der Waals surface area contributed by atoms with Crippen molar-refractivity contribution in [3.05, 3.63) is 66.5 Å². The van der Waals surface area contributed by atoms with Crippen LogP contribution in [-0.2, 0) is 7.05 Å². The number of carbonyl (C=O) groups excluding carboxylic acids is 1. The summed E-state index contributed by atoms with van der Waals surface area (Å²) in [6.45, 7) is 2.16. The number of aryl methyl sites for hydroxylation is 1. The van der Waals surface area contributed by atoms with Crippen LogP contribution in [0.5, 0.6) is 0 Å². The first-order valence-electron chi connectivity index (χ1n) is 8.33. The molecule has 4 rings (SSSR count). The molecule has 0 radical (unpaired) electrons. The Hall–Kier alpha value is -2.93. The number of hydrogen-bond donors (Lipinski definition) is 1. The fraction of sp³-hybridized carbons (Fsp3) is 0.278. The Morgan fingerprint density at radius 1 is 1.20 bits per heavy atom. The van der Waals surface area contributed by atoms with E-state index in [-0.39, 0.29) is 11.9 Å². The highest BCUT2D eigenvalue weighted by molar-refractivity contribution is 5.94. The normalized spacial score (nSPS) is 17.6. The van der Waals surface area contributed by atoms with Gasteiger partial charge in [0.05, 0.1) is 5.69 Å². The number of carbonyl (C=O) groups is 1. The number of nitrogens with zero attached hydrogens (tertiary/aromatic N) is 5. The molecule has 2 aromatic heterocycles. The zero-order valence-corrected chi connectivity index (χ0v) is 14.0. The Bertz CT molecular complexity index is 852. The van der Waals surface area contributed by atoms with Gasteiger partial charge in [0.1, 0.15) is 11.9 Å². The van der Waals surface area contributed by atoms with Gasteiger partial charge in [-0.05, 0) is 30.3 Å². The molecule has 1 fully saturated rings. The minimum absolute atomic E-state index is 0.0292. The summed E-state index contributed by atoms with van der Waals surface area (Å²) in [4.78, 5) is 19.4. The van der Waals surface area contributed by atoms with E-state index in [9.17, 15) is 4.79 Å². The summed E-state index contributed by atoms with van der Waals surface area (Å²) >= 11 is 0. The SMILES string of the molecule is Cn1ccnc1C1CNCCN1C(=O)c1ccc(-n2cccn2)cc1. The largest absolute Gasteiger partial charge is 0.336 e. The molecule has 7 nitrogen and oxygen atoms in total. The number of aromatic nitrogens is 4. The lowest BCUT2D eigenvalue weighted by Gasteiger charge is -2.35. The van der Waals surface area contributed by atoms with E-state index in [1.807, 2.05) is 59.2 Å². The third-order valence-corrected chi connectivity index (χ3v) is 4.54. The van der Waals surface area contributed by atoms with Gasteiger partial charge in [0.25, 0.3) is 5.91 Å². The molecule has 0 saturated carbocycles. The number of benzene rings is 1. The van der Waals surface area contributed by atoms with Crippen molar-refractivity contribution in [3.63, 3.8) is 0 Å². The molecule has 1 saturated heterocycles. The molecule has 1 aromatic carbocycles. The predicted molar refractivity (Wildman–Crippen MR) is 93.4 cm³/mol. The van der Waals surface area contributed by atoms with Gasteiger partial charge in [0.2, 0.25) is 0 Å². The molecular weight excluding hydrogens is 316 g/mol. The highest BCUT2D eigenvalue weighted by Crippen LogP contribution is 2.23. The van der Waals surface area contributed by atoms with Gasteiger partial charge in [-0.1, -0.05) is 0 Å². The second-order valence-electron chi connectivity index (χ2n) is 6.11. The molecule has 0 aliphatic carbocycles. The summed E-state index contributed by atoms with van der Waals surface area (Å²) in [5, 5.41) is 7.56. The molecule has 25 heavy (non-hydrogen) atoms. The Kier molecular flexibility index (Phi) is 4.07. The van der Waals surface area contributed by atoms with Crippen LogP contribution >= 0.6 is 0 Å². The van der Waals surface area contributed by atoms with Crippen LogP contribution < -0.4 is 5.32 Å². The number of piperazine rings is 1. The Balaban J connectivity index is 1.59. The summed E-state index contributed by atoms with van der Waals surface area (Å²) in [5.41, 5.74) is 1.61. The van der Waals surface area contributed by atoms with Crippen LogP contribution in [0.3, 0.4) is 0 Å². The number of nitrogens with one attached hydrogen (secondary N) is 1. The Morgan fingerprint density at radius 2 is 2.04 bits per heavy atom. The van der Waals surface area contributed by atoms with Gasteiger partial charge in [0, 0.05) is 57.0 Å².